The Balaban J connectivity index is 1.58. The predicted molar refractivity (Wildman–Crippen MR) is 111 cm³/mol. The number of fused-ring (bicyclic) bond motifs is 2. The first kappa shape index (κ1) is 15.8. The zero-order valence-corrected chi connectivity index (χ0v) is 15.1. The number of nitrogens with zero attached hydrogens (tertiary/aromatic N) is 1. The Morgan fingerprint density at radius 2 is 1.52 bits per heavy atom. The third-order valence-electron chi connectivity index (χ3n) is 4.81. The average Bonchev–Trinajstić information content (AvgIpc) is 3.36. The highest BCUT2D eigenvalue weighted by Gasteiger charge is 2.12. The van der Waals surface area contributed by atoms with Gasteiger partial charge in [0.25, 0.3) is 0 Å². The van der Waals surface area contributed by atoms with Crippen LogP contribution in [0, 0.1) is 0 Å². The summed E-state index contributed by atoms with van der Waals surface area (Å²) in [4.78, 5) is 12.5. The minimum Gasteiger partial charge on any atom is -0.366 e. The smallest absolute Gasteiger partial charge is 0.250 e. The van der Waals surface area contributed by atoms with Gasteiger partial charge in [0.15, 0.2) is 0 Å². The molecule has 3 N–H and O–H groups in total. The molecule has 0 atom stereocenters. The third kappa shape index (κ3) is 2.69. The molecule has 0 radical (unpaired) electrons. The average molecular weight is 369 g/mol. The summed E-state index contributed by atoms with van der Waals surface area (Å²) in [6.45, 7) is 0. The van der Waals surface area contributed by atoms with Crippen LogP contribution in [0.3, 0.4) is 0 Å². The Bertz CT molecular complexity index is 1320. The molecule has 0 unspecified atom stereocenters. The van der Waals surface area contributed by atoms with Gasteiger partial charge in [-0.3, -0.25) is 9.89 Å². The number of nitrogens with two attached hydrogens (primary N) is 1. The van der Waals surface area contributed by atoms with Crippen molar-refractivity contribution in [3.63, 3.8) is 0 Å². The SMILES string of the molecule is NC(=O)c1ccsc1-c1ccc2cc(-c3ccc4[nH]ncc4c3)ccc2c1. The Kier molecular flexibility index (Phi) is 3.55. The van der Waals surface area contributed by atoms with Crippen LogP contribution >= 0.6 is 11.3 Å². The fourth-order valence-corrected chi connectivity index (χ4v) is 4.31. The zero-order chi connectivity index (χ0) is 18.4. The van der Waals surface area contributed by atoms with Crippen LogP contribution < -0.4 is 5.73 Å². The Labute approximate surface area is 159 Å². The van der Waals surface area contributed by atoms with Crippen molar-refractivity contribution in [2.24, 2.45) is 5.73 Å². The highest BCUT2D eigenvalue weighted by Crippen LogP contribution is 2.33. The minimum absolute atomic E-state index is 0.392. The van der Waals surface area contributed by atoms with Gasteiger partial charge in [-0.2, -0.15) is 5.10 Å². The van der Waals surface area contributed by atoms with Crippen LogP contribution in [0.25, 0.3) is 43.2 Å². The van der Waals surface area contributed by atoms with Gasteiger partial charge in [0, 0.05) is 10.3 Å². The van der Waals surface area contributed by atoms with Crippen LogP contribution in [0.2, 0.25) is 0 Å². The molecule has 27 heavy (non-hydrogen) atoms. The molecule has 0 saturated carbocycles. The lowest BCUT2D eigenvalue weighted by molar-refractivity contribution is 0.100. The van der Waals surface area contributed by atoms with E-state index in [2.05, 4.69) is 52.7 Å². The lowest BCUT2D eigenvalue weighted by Crippen LogP contribution is -2.10. The normalized spacial score (nSPS) is 11.3. The number of H-pyrrole nitrogens is 1. The summed E-state index contributed by atoms with van der Waals surface area (Å²) in [5.74, 6) is -0.392. The van der Waals surface area contributed by atoms with Crippen molar-refractivity contribution in [2.45, 2.75) is 0 Å². The van der Waals surface area contributed by atoms with Crippen LogP contribution in [0.15, 0.2) is 72.2 Å². The van der Waals surface area contributed by atoms with E-state index >= 15 is 0 Å². The van der Waals surface area contributed by atoms with E-state index in [1.807, 2.05) is 23.7 Å². The van der Waals surface area contributed by atoms with Gasteiger partial charge in [0.2, 0.25) is 5.91 Å². The van der Waals surface area contributed by atoms with Gasteiger partial charge in [0.1, 0.15) is 0 Å². The van der Waals surface area contributed by atoms with E-state index in [-0.39, 0.29) is 0 Å². The maximum Gasteiger partial charge on any atom is 0.250 e. The van der Waals surface area contributed by atoms with E-state index in [0.717, 1.165) is 43.2 Å². The van der Waals surface area contributed by atoms with E-state index in [1.54, 1.807) is 6.07 Å². The Morgan fingerprint density at radius 1 is 0.852 bits per heavy atom. The van der Waals surface area contributed by atoms with Crippen LogP contribution in [0.4, 0.5) is 0 Å². The first-order chi connectivity index (χ1) is 13.2. The number of hydrogen-bond acceptors (Lipinski definition) is 3. The van der Waals surface area contributed by atoms with Crippen molar-refractivity contribution in [3.8, 4) is 21.6 Å². The molecule has 5 heteroatoms. The molecule has 5 rings (SSSR count). The molecule has 1 amide bonds. The summed E-state index contributed by atoms with van der Waals surface area (Å²) in [7, 11) is 0. The molecule has 5 aromatic rings. The summed E-state index contributed by atoms with van der Waals surface area (Å²) in [6.07, 6.45) is 1.84. The van der Waals surface area contributed by atoms with Gasteiger partial charge < -0.3 is 5.73 Å². The number of carbonyl (C=O) groups is 1. The van der Waals surface area contributed by atoms with Crippen molar-refractivity contribution < 1.29 is 4.79 Å². The standard InChI is InChI=1S/C22H15N3OS/c23-22(26)19-7-8-27-21(19)17-4-3-14-9-13(1-2-15(14)10-17)16-5-6-20-18(11-16)12-24-25-20/h1-12H,(H2,23,26)(H,24,25). The van der Waals surface area contributed by atoms with Crippen LogP contribution in [-0.4, -0.2) is 16.1 Å². The summed E-state index contributed by atoms with van der Waals surface area (Å²) < 4.78 is 0. The van der Waals surface area contributed by atoms with E-state index < -0.39 is 5.91 Å². The van der Waals surface area contributed by atoms with Gasteiger partial charge in [-0.1, -0.05) is 30.3 Å². The monoisotopic (exact) mass is 369 g/mol. The molecule has 4 nitrogen and oxygen atoms in total. The Hall–Kier alpha value is -3.44. The van der Waals surface area contributed by atoms with Gasteiger partial charge in [-0.25, -0.2) is 0 Å². The number of rotatable bonds is 3. The van der Waals surface area contributed by atoms with Gasteiger partial charge in [-0.15, -0.1) is 11.3 Å². The van der Waals surface area contributed by atoms with Crippen molar-refractivity contribution in [3.05, 3.63) is 77.8 Å². The molecule has 2 heterocycles. The lowest BCUT2D eigenvalue weighted by atomic mass is 9.98. The predicted octanol–water partition coefficient (Wildman–Crippen LogP) is 5.21. The van der Waals surface area contributed by atoms with Crippen LogP contribution in [0.1, 0.15) is 10.4 Å². The molecule has 0 fully saturated rings. The van der Waals surface area contributed by atoms with Crippen LogP contribution in [-0.2, 0) is 0 Å². The number of aromatic nitrogens is 2. The van der Waals surface area contributed by atoms with Gasteiger partial charge in [-0.05, 0) is 63.2 Å². The van der Waals surface area contributed by atoms with E-state index in [0.29, 0.717) is 5.56 Å². The number of aromatic amines is 1. The minimum atomic E-state index is -0.392. The first-order valence-corrected chi connectivity index (χ1v) is 9.42. The lowest BCUT2D eigenvalue weighted by Gasteiger charge is -2.07. The number of amides is 1. The fraction of sp³-hybridized carbons (Fsp3) is 0. The highest BCUT2D eigenvalue weighted by molar-refractivity contribution is 7.14. The number of hydrogen-bond donors (Lipinski definition) is 2. The summed E-state index contributed by atoms with van der Waals surface area (Å²) in [6, 6.07) is 20.7. The van der Waals surface area contributed by atoms with Crippen molar-refractivity contribution >= 4 is 38.9 Å². The fourth-order valence-electron chi connectivity index (χ4n) is 3.42. The first-order valence-electron chi connectivity index (χ1n) is 8.54. The summed E-state index contributed by atoms with van der Waals surface area (Å²) >= 11 is 1.53. The number of thiophene rings is 1. The molecule has 0 bridgehead atoms. The molecule has 0 aliphatic rings. The molecule has 2 aromatic heterocycles. The molecule has 0 aliphatic heterocycles. The van der Waals surface area contributed by atoms with E-state index in [9.17, 15) is 4.79 Å². The van der Waals surface area contributed by atoms with E-state index in [1.165, 1.54) is 11.3 Å². The van der Waals surface area contributed by atoms with Crippen molar-refractivity contribution in [2.75, 3.05) is 0 Å². The second-order valence-electron chi connectivity index (χ2n) is 6.48. The summed E-state index contributed by atoms with van der Waals surface area (Å²) in [5, 5.41) is 12.3. The van der Waals surface area contributed by atoms with Crippen molar-refractivity contribution in [1.29, 1.82) is 0 Å². The van der Waals surface area contributed by atoms with Crippen molar-refractivity contribution in [1.82, 2.24) is 10.2 Å². The Morgan fingerprint density at radius 3 is 2.30 bits per heavy atom. The maximum atomic E-state index is 11.6. The number of nitrogens with one attached hydrogen (secondary N) is 1. The molecule has 0 spiro atoms. The number of benzene rings is 3. The van der Waals surface area contributed by atoms with Gasteiger partial charge >= 0.3 is 0 Å². The quantitative estimate of drug-likeness (QED) is 0.458. The third-order valence-corrected chi connectivity index (χ3v) is 5.77. The second-order valence-corrected chi connectivity index (χ2v) is 7.39. The molecule has 130 valence electrons. The topological polar surface area (TPSA) is 71.8 Å². The van der Waals surface area contributed by atoms with E-state index in [4.69, 9.17) is 5.73 Å². The summed E-state index contributed by atoms with van der Waals surface area (Å²) in [5.41, 5.74) is 10.4. The maximum absolute atomic E-state index is 11.6. The molecular formula is C22H15N3OS. The number of carbonyl (C=O) groups excluding carboxylic acids is 1. The highest BCUT2D eigenvalue weighted by atomic mass is 32.1. The second kappa shape index (κ2) is 6.07. The number of primary amides is 1. The van der Waals surface area contributed by atoms with Gasteiger partial charge in [0.05, 0.1) is 17.3 Å². The molecule has 0 saturated heterocycles. The molecule has 3 aromatic carbocycles. The largest absolute Gasteiger partial charge is 0.366 e. The molecular weight excluding hydrogens is 354 g/mol. The zero-order valence-electron chi connectivity index (χ0n) is 14.3. The van der Waals surface area contributed by atoms with Crippen LogP contribution in [0.5, 0.6) is 0 Å². The molecule has 0 aliphatic carbocycles.